The highest BCUT2D eigenvalue weighted by Gasteiger charge is 2.30. The van der Waals surface area contributed by atoms with Gasteiger partial charge in [-0.3, -0.25) is 9.69 Å². The minimum Gasteiger partial charge on any atom is -0.339 e. The average molecular weight is 355 g/mol. The molecule has 1 saturated heterocycles. The maximum absolute atomic E-state index is 12.7. The van der Waals surface area contributed by atoms with Crippen LogP contribution in [0.5, 0.6) is 0 Å². The lowest BCUT2D eigenvalue weighted by molar-refractivity contribution is 0.0761. The predicted molar refractivity (Wildman–Crippen MR) is 96.4 cm³/mol. The summed E-state index contributed by atoms with van der Waals surface area (Å²) in [5, 5.41) is 4.10. The van der Waals surface area contributed by atoms with Crippen molar-refractivity contribution in [2.24, 2.45) is 5.73 Å². The van der Waals surface area contributed by atoms with Gasteiger partial charge in [-0.1, -0.05) is 17.3 Å². The molecule has 0 atom stereocenters. The Labute approximate surface area is 153 Å². The van der Waals surface area contributed by atoms with Crippen LogP contribution in [0.15, 0.2) is 28.8 Å². The van der Waals surface area contributed by atoms with Gasteiger partial charge in [0.15, 0.2) is 5.82 Å². The summed E-state index contributed by atoms with van der Waals surface area (Å²) in [5.41, 5.74) is 7.38. The smallest absolute Gasteiger partial charge is 0.253 e. The van der Waals surface area contributed by atoms with Gasteiger partial charge in [-0.2, -0.15) is 4.98 Å². The van der Waals surface area contributed by atoms with Gasteiger partial charge in [0.25, 0.3) is 5.91 Å². The van der Waals surface area contributed by atoms with Gasteiger partial charge in [0.1, 0.15) is 0 Å². The molecule has 7 nitrogen and oxygen atoms in total. The van der Waals surface area contributed by atoms with E-state index in [4.69, 9.17) is 10.3 Å². The van der Waals surface area contributed by atoms with Crippen LogP contribution in [-0.2, 0) is 13.1 Å². The van der Waals surface area contributed by atoms with Gasteiger partial charge < -0.3 is 15.2 Å². The number of carbonyl (C=O) groups excluding carboxylic acids is 1. The fraction of sp³-hybridized carbons (Fsp3) is 0.526. The summed E-state index contributed by atoms with van der Waals surface area (Å²) in [6.45, 7) is 4.41. The van der Waals surface area contributed by atoms with Gasteiger partial charge in [-0.25, -0.2) is 0 Å². The highest BCUT2D eigenvalue weighted by molar-refractivity contribution is 5.94. The first-order valence-corrected chi connectivity index (χ1v) is 9.36. The Bertz CT molecular complexity index is 754. The van der Waals surface area contributed by atoms with Gasteiger partial charge in [0.2, 0.25) is 5.89 Å². The third kappa shape index (κ3) is 3.94. The molecule has 1 aromatic carbocycles. The van der Waals surface area contributed by atoms with Crippen molar-refractivity contribution < 1.29 is 9.32 Å². The molecule has 138 valence electrons. The number of nitrogens with zero attached hydrogens (tertiary/aromatic N) is 4. The monoisotopic (exact) mass is 355 g/mol. The third-order valence-corrected chi connectivity index (χ3v) is 5.09. The number of nitrogens with two attached hydrogens (primary N) is 1. The SMILES string of the molecule is NCc1ccc(C(=O)N2CCCN(Cc3noc(C4CC4)n3)CC2)cc1. The van der Waals surface area contributed by atoms with Gasteiger partial charge >= 0.3 is 0 Å². The van der Waals surface area contributed by atoms with Crippen molar-refractivity contribution in [3.05, 3.63) is 47.1 Å². The summed E-state index contributed by atoms with van der Waals surface area (Å²) in [6.07, 6.45) is 3.27. The number of hydrogen-bond acceptors (Lipinski definition) is 6. The molecule has 2 aromatic rings. The van der Waals surface area contributed by atoms with Crippen LogP contribution in [-0.4, -0.2) is 52.0 Å². The van der Waals surface area contributed by atoms with Crippen LogP contribution < -0.4 is 5.73 Å². The Morgan fingerprint density at radius 1 is 1.15 bits per heavy atom. The van der Waals surface area contributed by atoms with E-state index in [2.05, 4.69) is 15.0 Å². The van der Waals surface area contributed by atoms with Crippen molar-refractivity contribution in [3.63, 3.8) is 0 Å². The molecule has 26 heavy (non-hydrogen) atoms. The van der Waals surface area contributed by atoms with E-state index in [0.29, 0.717) is 25.6 Å². The van der Waals surface area contributed by atoms with Crippen molar-refractivity contribution in [3.8, 4) is 0 Å². The molecule has 1 aromatic heterocycles. The molecule has 1 amide bonds. The molecule has 4 rings (SSSR count). The zero-order valence-electron chi connectivity index (χ0n) is 14.9. The van der Waals surface area contributed by atoms with Crippen LogP contribution in [0.3, 0.4) is 0 Å². The van der Waals surface area contributed by atoms with E-state index in [1.807, 2.05) is 29.2 Å². The number of carbonyl (C=O) groups is 1. The summed E-state index contributed by atoms with van der Waals surface area (Å²) >= 11 is 0. The normalized spacial score (nSPS) is 18.7. The van der Waals surface area contributed by atoms with Crippen LogP contribution in [0.1, 0.15) is 52.8 Å². The molecular formula is C19H25N5O2. The second kappa shape index (κ2) is 7.55. The molecular weight excluding hydrogens is 330 g/mol. The van der Waals surface area contributed by atoms with Crippen molar-refractivity contribution in [1.29, 1.82) is 0 Å². The molecule has 2 heterocycles. The predicted octanol–water partition coefficient (Wildman–Crippen LogP) is 1.75. The third-order valence-electron chi connectivity index (χ3n) is 5.09. The number of rotatable bonds is 5. The second-order valence-electron chi connectivity index (χ2n) is 7.15. The van der Waals surface area contributed by atoms with E-state index in [-0.39, 0.29) is 5.91 Å². The first-order chi connectivity index (χ1) is 12.7. The molecule has 2 fully saturated rings. The quantitative estimate of drug-likeness (QED) is 0.879. The van der Waals surface area contributed by atoms with Gasteiger partial charge in [-0.05, 0) is 37.0 Å². The molecule has 2 aliphatic rings. The summed E-state index contributed by atoms with van der Waals surface area (Å²) in [6, 6.07) is 7.58. The average Bonchev–Trinajstić information content (AvgIpc) is 3.46. The van der Waals surface area contributed by atoms with Crippen LogP contribution in [0.4, 0.5) is 0 Å². The summed E-state index contributed by atoms with van der Waals surface area (Å²) in [5.74, 6) is 2.11. The molecule has 0 bridgehead atoms. The van der Waals surface area contributed by atoms with E-state index in [9.17, 15) is 4.79 Å². The number of benzene rings is 1. The highest BCUT2D eigenvalue weighted by atomic mass is 16.5. The topological polar surface area (TPSA) is 88.5 Å². The first-order valence-electron chi connectivity index (χ1n) is 9.36. The summed E-state index contributed by atoms with van der Waals surface area (Å²) in [4.78, 5) is 21.5. The Morgan fingerprint density at radius 2 is 1.96 bits per heavy atom. The van der Waals surface area contributed by atoms with E-state index in [1.165, 1.54) is 0 Å². The lowest BCUT2D eigenvalue weighted by Gasteiger charge is -2.21. The molecule has 2 N–H and O–H groups in total. The van der Waals surface area contributed by atoms with Crippen molar-refractivity contribution in [2.45, 2.75) is 38.3 Å². The van der Waals surface area contributed by atoms with Gasteiger partial charge in [0.05, 0.1) is 6.54 Å². The van der Waals surface area contributed by atoms with Gasteiger partial charge in [-0.15, -0.1) is 0 Å². The Morgan fingerprint density at radius 3 is 2.69 bits per heavy atom. The lowest BCUT2D eigenvalue weighted by atomic mass is 10.1. The van der Waals surface area contributed by atoms with Crippen molar-refractivity contribution >= 4 is 5.91 Å². The number of amides is 1. The Balaban J connectivity index is 1.33. The number of hydrogen-bond donors (Lipinski definition) is 1. The maximum atomic E-state index is 12.7. The molecule has 1 aliphatic carbocycles. The van der Waals surface area contributed by atoms with Crippen LogP contribution in [0.2, 0.25) is 0 Å². The van der Waals surface area contributed by atoms with Crippen LogP contribution in [0.25, 0.3) is 0 Å². The molecule has 1 saturated carbocycles. The summed E-state index contributed by atoms with van der Waals surface area (Å²) < 4.78 is 5.34. The van der Waals surface area contributed by atoms with E-state index in [1.54, 1.807) is 0 Å². The van der Waals surface area contributed by atoms with Crippen LogP contribution >= 0.6 is 0 Å². The van der Waals surface area contributed by atoms with Crippen molar-refractivity contribution in [2.75, 3.05) is 26.2 Å². The second-order valence-corrected chi connectivity index (χ2v) is 7.15. The summed E-state index contributed by atoms with van der Waals surface area (Å²) in [7, 11) is 0. The zero-order chi connectivity index (χ0) is 17.9. The van der Waals surface area contributed by atoms with Gasteiger partial charge in [0, 0.05) is 44.2 Å². The fourth-order valence-electron chi connectivity index (χ4n) is 3.33. The molecule has 0 spiro atoms. The van der Waals surface area contributed by atoms with Crippen molar-refractivity contribution in [1.82, 2.24) is 19.9 Å². The highest BCUT2D eigenvalue weighted by Crippen LogP contribution is 2.38. The van der Waals surface area contributed by atoms with E-state index >= 15 is 0 Å². The largest absolute Gasteiger partial charge is 0.339 e. The molecule has 0 radical (unpaired) electrons. The Hall–Kier alpha value is -2.25. The lowest BCUT2D eigenvalue weighted by Crippen LogP contribution is -2.35. The number of aromatic nitrogens is 2. The zero-order valence-corrected chi connectivity index (χ0v) is 14.9. The van der Waals surface area contributed by atoms with E-state index in [0.717, 1.165) is 61.7 Å². The minimum absolute atomic E-state index is 0.0889. The standard InChI is InChI=1S/C19H25N5O2/c20-12-14-2-4-16(5-3-14)19(25)24-9-1-8-23(10-11-24)13-17-21-18(26-22-17)15-6-7-15/h2-5,15H,1,6-13,20H2. The first kappa shape index (κ1) is 17.2. The molecule has 0 unspecified atom stereocenters. The molecule has 7 heteroatoms. The van der Waals surface area contributed by atoms with Crippen LogP contribution in [0, 0.1) is 0 Å². The fourth-order valence-corrected chi connectivity index (χ4v) is 3.33. The minimum atomic E-state index is 0.0889. The van der Waals surface area contributed by atoms with E-state index < -0.39 is 0 Å². The molecule has 1 aliphatic heterocycles. The maximum Gasteiger partial charge on any atom is 0.253 e. The Kier molecular flexibility index (Phi) is 4.99.